The van der Waals surface area contributed by atoms with Gasteiger partial charge in [-0.15, -0.1) is 0 Å². The first kappa shape index (κ1) is 16.4. The summed E-state index contributed by atoms with van der Waals surface area (Å²) in [5.74, 6) is -0.100. The van der Waals surface area contributed by atoms with Gasteiger partial charge in [0.25, 0.3) is 0 Å². The van der Waals surface area contributed by atoms with Crippen LogP contribution < -0.4 is 10.5 Å². The number of hydrogen-bond acceptors (Lipinski definition) is 5. The van der Waals surface area contributed by atoms with E-state index in [1.807, 2.05) is 6.07 Å². The maximum atomic E-state index is 12.9. The van der Waals surface area contributed by atoms with Crippen molar-refractivity contribution >= 4 is 28.4 Å². The molecule has 0 unspecified atom stereocenters. The van der Waals surface area contributed by atoms with Crippen LogP contribution in [0.2, 0.25) is 0 Å². The second-order valence-electron chi connectivity index (χ2n) is 7.88. The van der Waals surface area contributed by atoms with Crippen molar-refractivity contribution in [3.05, 3.63) is 71.1 Å². The first-order valence-corrected chi connectivity index (χ1v) is 9.68. The number of benzene rings is 2. The summed E-state index contributed by atoms with van der Waals surface area (Å²) in [6, 6.07) is 13.9. The average molecular weight is 384 g/mol. The van der Waals surface area contributed by atoms with Crippen LogP contribution in [-0.2, 0) is 9.59 Å². The van der Waals surface area contributed by atoms with Gasteiger partial charge in [0.15, 0.2) is 0 Å². The molecule has 2 bridgehead atoms. The third-order valence-corrected chi connectivity index (χ3v) is 6.38. The molecule has 2 aromatic carbocycles. The third kappa shape index (κ3) is 2.23. The molecule has 3 aromatic rings. The molecule has 0 radical (unpaired) electrons. The minimum atomic E-state index is -0.449. The lowest BCUT2D eigenvalue weighted by atomic mass is 9.85. The predicted octanol–water partition coefficient (Wildman–Crippen LogP) is 3.17. The van der Waals surface area contributed by atoms with Crippen LogP contribution in [0.4, 0.5) is 5.69 Å². The average Bonchev–Trinajstić information content (AvgIpc) is 3.42. The number of carbonyl (C=O) groups is 2. The molecule has 142 valence electrons. The number of hydrogen-bond donors (Lipinski definition) is 0. The molecule has 1 saturated carbocycles. The highest BCUT2D eigenvalue weighted by atomic mass is 16.4. The molecule has 2 heterocycles. The molecule has 2 amide bonds. The fraction of sp³-hybridized carbons (Fsp3) is 0.217. The van der Waals surface area contributed by atoms with Gasteiger partial charge in [0, 0.05) is 5.56 Å². The Labute approximate surface area is 165 Å². The van der Waals surface area contributed by atoms with Crippen LogP contribution >= 0.6 is 0 Å². The van der Waals surface area contributed by atoms with E-state index in [0.717, 1.165) is 6.42 Å². The quantitative estimate of drug-likeness (QED) is 0.501. The molecule has 2 fully saturated rings. The number of fused-ring (bicyclic) bond motifs is 6. The molecule has 3 aliphatic rings. The van der Waals surface area contributed by atoms with E-state index in [-0.39, 0.29) is 41.4 Å². The Morgan fingerprint density at radius 2 is 1.52 bits per heavy atom. The third-order valence-electron chi connectivity index (χ3n) is 6.38. The molecule has 1 aliphatic heterocycles. The highest BCUT2D eigenvalue weighted by molar-refractivity contribution is 6.22. The van der Waals surface area contributed by atoms with E-state index in [0.29, 0.717) is 22.2 Å². The Bertz CT molecular complexity index is 1240. The number of amides is 2. The van der Waals surface area contributed by atoms with Crippen LogP contribution in [0.15, 0.2) is 69.9 Å². The number of aromatic nitrogens is 1. The zero-order valence-electron chi connectivity index (χ0n) is 15.3. The number of rotatable bonds is 2. The van der Waals surface area contributed by atoms with E-state index in [2.05, 4.69) is 17.1 Å². The molecular weight excluding hydrogens is 368 g/mol. The first-order valence-electron chi connectivity index (χ1n) is 9.68. The fourth-order valence-electron chi connectivity index (χ4n) is 5.05. The Hall–Kier alpha value is -3.54. The van der Waals surface area contributed by atoms with Gasteiger partial charge in [0.2, 0.25) is 17.7 Å². The molecule has 6 rings (SSSR count). The monoisotopic (exact) mass is 384 g/mol. The van der Waals surface area contributed by atoms with Gasteiger partial charge in [0.1, 0.15) is 0 Å². The summed E-state index contributed by atoms with van der Waals surface area (Å²) in [4.78, 5) is 43.8. The van der Waals surface area contributed by atoms with Gasteiger partial charge < -0.3 is 4.42 Å². The zero-order valence-corrected chi connectivity index (χ0v) is 15.3. The van der Waals surface area contributed by atoms with E-state index in [4.69, 9.17) is 4.42 Å². The van der Waals surface area contributed by atoms with Crippen molar-refractivity contribution in [2.75, 3.05) is 4.90 Å². The standard InChI is InChI=1S/C23H16N2O4/c26-21-18-13-5-6-14(11-13)19(18)22(27)25(21)15-9-7-12(8-10-15)20-24-17-4-2-1-3-16(17)23(28)29-20/h1-10,13-14,18-19H,11H2/t13-,14+,18+,19-. The molecule has 29 heavy (non-hydrogen) atoms. The highest BCUT2D eigenvalue weighted by Gasteiger charge is 2.59. The molecule has 4 atom stereocenters. The van der Waals surface area contributed by atoms with Gasteiger partial charge in [-0.1, -0.05) is 24.3 Å². The summed E-state index contributed by atoms with van der Waals surface area (Å²) in [5.41, 5.74) is 1.26. The van der Waals surface area contributed by atoms with E-state index < -0.39 is 5.63 Å². The lowest BCUT2D eigenvalue weighted by Crippen LogP contribution is -2.32. The van der Waals surface area contributed by atoms with E-state index in [1.165, 1.54) is 4.90 Å². The Morgan fingerprint density at radius 1 is 0.862 bits per heavy atom. The predicted molar refractivity (Wildman–Crippen MR) is 106 cm³/mol. The number of carbonyl (C=O) groups excluding carboxylic acids is 2. The summed E-state index contributed by atoms with van der Waals surface area (Å²) in [6.07, 6.45) is 5.07. The van der Waals surface area contributed by atoms with Crippen molar-refractivity contribution in [3.8, 4) is 11.5 Å². The van der Waals surface area contributed by atoms with E-state index in [1.54, 1.807) is 42.5 Å². The van der Waals surface area contributed by atoms with Gasteiger partial charge in [-0.05, 0) is 54.7 Å². The van der Waals surface area contributed by atoms with Gasteiger partial charge in [-0.2, -0.15) is 0 Å². The lowest BCUT2D eigenvalue weighted by Gasteiger charge is -2.17. The van der Waals surface area contributed by atoms with Crippen LogP contribution in [0.3, 0.4) is 0 Å². The molecular formula is C23H16N2O4. The fourth-order valence-corrected chi connectivity index (χ4v) is 5.05. The van der Waals surface area contributed by atoms with Crippen LogP contribution in [0.1, 0.15) is 6.42 Å². The summed E-state index contributed by atoms with van der Waals surface area (Å²) < 4.78 is 5.36. The first-order chi connectivity index (χ1) is 14.1. The normalized spacial score (nSPS) is 27.2. The summed E-state index contributed by atoms with van der Waals surface area (Å²) in [7, 11) is 0. The van der Waals surface area contributed by atoms with Gasteiger partial charge in [-0.3, -0.25) is 14.5 Å². The van der Waals surface area contributed by atoms with Crippen molar-refractivity contribution in [2.45, 2.75) is 6.42 Å². The molecule has 0 N–H and O–H groups in total. The lowest BCUT2D eigenvalue weighted by molar-refractivity contribution is -0.123. The topological polar surface area (TPSA) is 80.5 Å². The molecule has 1 aromatic heterocycles. The molecule has 6 nitrogen and oxygen atoms in total. The van der Waals surface area contributed by atoms with Gasteiger partial charge >= 0.3 is 5.63 Å². The minimum absolute atomic E-state index is 0.111. The van der Waals surface area contributed by atoms with Crippen molar-refractivity contribution in [3.63, 3.8) is 0 Å². The second kappa shape index (κ2) is 5.73. The van der Waals surface area contributed by atoms with Crippen LogP contribution in [0.5, 0.6) is 0 Å². The number of imide groups is 1. The Morgan fingerprint density at radius 3 is 2.21 bits per heavy atom. The number of para-hydroxylation sites is 1. The van der Waals surface area contributed by atoms with E-state index in [9.17, 15) is 14.4 Å². The molecule has 2 aliphatic carbocycles. The van der Waals surface area contributed by atoms with Crippen LogP contribution in [0.25, 0.3) is 22.4 Å². The summed E-state index contributed by atoms with van der Waals surface area (Å²) in [6.45, 7) is 0. The smallest absolute Gasteiger partial charge is 0.347 e. The van der Waals surface area contributed by atoms with Crippen molar-refractivity contribution in [1.82, 2.24) is 4.98 Å². The molecule has 0 spiro atoms. The van der Waals surface area contributed by atoms with Crippen LogP contribution in [-0.4, -0.2) is 16.8 Å². The van der Waals surface area contributed by atoms with Gasteiger partial charge in [0.05, 0.1) is 28.4 Å². The second-order valence-corrected chi connectivity index (χ2v) is 7.88. The SMILES string of the molecule is O=C1[C@@H]2[C@H](C(=O)N1c1ccc(-c3nc4ccccc4c(=O)o3)cc1)[C@H]1C=C[C@@H]2C1. The van der Waals surface area contributed by atoms with Crippen molar-refractivity contribution in [2.24, 2.45) is 23.7 Å². The number of anilines is 1. The largest absolute Gasteiger partial charge is 0.403 e. The minimum Gasteiger partial charge on any atom is -0.403 e. The van der Waals surface area contributed by atoms with Crippen molar-refractivity contribution in [1.29, 1.82) is 0 Å². The van der Waals surface area contributed by atoms with Crippen LogP contribution in [0, 0.1) is 23.7 Å². The number of allylic oxidation sites excluding steroid dienone is 2. The maximum Gasteiger partial charge on any atom is 0.347 e. The summed E-state index contributed by atoms with van der Waals surface area (Å²) >= 11 is 0. The van der Waals surface area contributed by atoms with E-state index >= 15 is 0 Å². The van der Waals surface area contributed by atoms with Gasteiger partial charge in [-0.25, -0.2) is 9.78 Å². The highest BCUT2D eigenvalue weighted by Crippen LogP contribution is 2.53. The zero-order chi connectivity index (χ0) is 19.7. The number of nitrogens with zero attached hydrogens (tertiary/aromatic N) is 2. The molecule has 6 heteroatoms. The Kier molecular flexibility index (Phi) is 3.25. The Balaban J connectivity index is 1.35. The molecule has 1 saturated heterocycles. The maximum absolute atomic E-state index is 12.9. The summed E-state index contributed by atoms with van der Waals surface area (Å²) in [5, 5.41) is 0.427. The van der Waals surface area contributed by atoms with Crippen molar-refractivity contribution < 1.29 is 14.0 Å².